The molecule has 2 aliphatic rings. The first-order chi connectivity index (χ1) is 10.5. The van der Waals surface area contributed by atoms with Crippen LogP contribution in [0.3, 0.4) is 0 Å². The average Bonchev–Trinajstić information content (AvgIpc) is 3.20. The molecule has 2 fully saturated rings. The van der Waals surface area contributed by atoms with E-state index in [0.29, 0.717) is 24.8 Å². The SMILES string of the molecule is O=C(CC1(O)CCCCC1)N[C@@H]1C[C@H]1c1cccc(F)c1F. The molecule has 1 aromatic carbocycles. The Balaban J connectivity index is 1.55. The van der Waals surface area contributed by atoms with Crippen molar-refractivity contribution in [2.45, 2.75) is 62.5 Å². The summed E-state index contributed by atoms with van der Waals surface area (Å²) in [5.74, 6) is -2.05. The highest BCUT2D eigenvalue weighted by Gasteiger charge is 2.42. The van der Waals surface area contributed by atoms with E-state index in [2.05, 4.69) is 5.32 Å². The molecule has 3 rings (SSSR count). The molecule has 0 aromatic heterocycles. The predicted octanol–water partition coefficient (Wildman–Crippen LogP) is 3.02. The summed E-state index contributed by atoms with van der Waals surface area (Å²) in [4.78, 5) is 12.1. The van der Waals surface area contributed by atoms with Gasteiger partial charge in [0.2, 0.25) is 5.91 Å². The Bertz CT molecular complexity index is 570. The topological polar surface area (TPSA) is 49.3 Å². The minimum atomic E-state index is -0.892. The van der Waals surface area contributed by atoms with Gasteiger partial charge in [0.1, 0.15) is 0 Å². The van der Waals surface area contributed by atoms with E-state index in [1.807, 2.05) is 0 Å². The molecule has 1 amide bonds. The Morgan fingerprint density at radius 3 is 2.73 bits per heavy atom. The zero-order valence-electron chi connectivity index (χ0n) is 12.4. The van der Waals surface area contributed by atoms with Crippen molar-refractivity contribution in [2.24, 2.45) is 0 Å². The maximum absolute atomic E-state index is 13.7. The van der Waals surface area contributed by atoms with Crippen molar-refractivity contribution in [3.05, 3.63) is 35.4 Å². The summed E-state index contributed by atoms with van der Waals surface area (Å²) in [7, 11) is 0. The number of amides is 1. The molecule has 0 bridgehead atoms. The molecule has 2 aliphatic carbocycles. The van der Waals surface area contributed by atoms with Crippen LogP contribution in [0, 0.1) is 11.6 Å². The second kappa shape index (κ2) is 5.95. The fraction of sp³-hybridized carbons (Fsp3) is 0.588. The number of benzene rings is 1. The molecule has 120 valence electrons. The molecule has 0 radical (unpaired) electrons. The van der Waals surface area contributed by atoms with Crippen LogP contribution >= 0.6 is 0 Å². The van der Waals surface area contributed by atoms with Crippen LogP contribution in [-0.4, -0.2) is 22.7 Å². The van der Waals surface area contributed by atoms with Crippen molar-refractivity contribution < 1.29 is 18.7 Å². The van der Waals surface area contributed by atoms with E-state index in [0.717, 1.165) is 25.3 Å². The van der Waals surface area contributed by atoms with Gasteiger partial charge in [-0.25, -0.2) is 8.78 Å². The minimum absolute atomic E-state index is 0.0991. The molecule has 0 spiro atoms. The summed E-state index contributed by atoms with van der Waals surface area (Å²) < 4.78 is 26.9. The standard InChI is InChI=1S/C17H21F2NO2/c18-13-6-4-5-11(16(13)19)12-9-14(12)20-15(21)10-17(22)7-2-1-3-8-17/h4-6,12,14,22H,1-3,7-10H2,(H,20,21)/t12-,14+/m0/s1. The molecular weight excluding hydrogens is 288 g/mol. The van der Waals surface area contributed by atoms with E-state index >= 15 is 0 Å². The summed E-state index contributed by atoms with van der Waals surface area (Å²) >= 11 is 0. The largest absolute Gasteiger partial charge is 0.389 e. The fourth-order valence-corrected chi connectivity index (χ4v) is 3.45. The lowest BCUT2D eigenvalue weighted by molar-refractivity contribution is -0.127. The second-order valence-electron chi connectivity index (χ2n) is 6.62. The maximum atomic E-state index is 13.7. The van der Waals surface area contributed by atoms with Gasteiger partial charge in [-0.2, -0.15) is 0 Å². The first-order valence-corrected chi connectivity index (χ1v) is 7.94. The van der Waals surface area contributed by atoms with Crippen LogP contribution in [-0.2, 0) is 4.79 Å². The third-order valence-electron chi connectivity index (χ3n) is 4.79. The number of carbonyl (C=O) groups excluding carboxylic acids is 1. The number of hydrogen-bond acceptors (Lipinski definition) is 2. The van der Waals surface area contributed by atoms with Gasteiger partial charge in [0, 0.05) is 12.0 Å². The van der Waals surface area contributed by atoms with E-state index in [1.54, 1.807) is 6.07 Å². The highest BCUT2D eigenvalue weighted by molar-refractivity contribution is 5.78. The summed E-state index contributed by atoms with van der Waals surface area (Å²) in [5.41, 5.74) is -0.571. The highest BCUT2D eigenvalue weighted by Crippen LogP contribution is 2.42. The molecule has 22 heavy (non-hydrogen) atoms. The Hall–Kier alpha value is -1.49. The van der Waals surface area contributed by atoms with E-state index < -0.39 is 17.2 Å². The minimum Gasteiger partial charge on any atom is -0.389 e. The second-order valence-corrected chi connectivity index (χ2v) is 6.62. The lowest BCUT2D eigenvalue weighted by atomic mass is 9.82. The Morgan fingerprint density at radius 1 is 1.27 bits per heavy atom. The van der Waals surface area contributed by atoms with Crippen LogP contribution in [0.25, 0.3) is 0 Å². The summed E-state index contributed by atoms with van der Waals surface area (Å²) in [5, 5.41) is 13.2. The van der Waals surface area contributed by atoms with Crippen LogP contribution in [0.5, 0.6) is 0 Å². The molecular formula is C17H21F2NO2. The zero-order chi connectivity index (χ0) is 15.7. The Labute approximate surface area is 128 Å². The quantitative estimate of drug-likeness (QED) is 0.898. The van der Waals surface area contributed by atoms with Crippen LogP contribution < -0.4 is 5.32 Å². The van der Waals surface area contributed by atoms with Crippen LogP contribution in [0.15, 0.2) is 18.2 Å². The molecule has 2 atom stereocenters. The van der Waals surface area contributed by atoms with Crippen LogP contribution in [0.4, 0.5) is 8.78 Å². The molecule has 3 nitrogen and oxygen atoms in total. The van der Waals surface area contributed by atoms with Gasteiger partial charge in [0.05, 0.1) is 12.0 Å². The summed E-state index contributed by atoms with van der Waals surface area (Å²) in [6.07, 6.45) is 5.04. The number of nitrogens with one attached hydrogen (secondary N) is 1. The zero-order valence-corrected chi connectivity index (χ0v) is 12.4. The van der Waals surface area contributed by atoms with Gasteiger partial charge < -0.3 is 10.4 Å². The smallest absolute Gasteiger partial charge is 0.223 e. The predicted molar refractivity (Wildman–Crippen MR) is 78.3 cm³/mol. The first kappa shape index (κ1) is 15.4. The molecule has 0 aliphatic heterocycles. The third-order valence-corrected chi connectivity index (χ3v) is 4.79. The molecule has 2 saturated carbocycles. The van der Waals surface area contributed by atoms with Gasteiger partial charge in [-0.3, -0.25) is 4.79 Å². The van der Waals surface area contributed by atoms with Crippen molar-refractivity contribution >= 4 is 5.91 Å². The molecule has 5 heteroatoms. The molecule has 1 aromatic rings. The number of halogens is 2. The molecule has 2 N–H and O–H groups in total. The lowest BCUT2D eigenvalue weighted by Gasteiger charge is -2.31. The van der Waals surface area contributed by atoms with Crippen LogP contribution in [0.1, 0.15) is 56.4 Å². The van der Waals surface area contributed by atoms with Gasteiger partial charge in [0.25, 0.3) is 0 Å². The van der Waals surface area contributed by atoms with Crippen molar-refractivity contribution in [3.8, 4) is 0 Å². The molecule has 0 unspecified atom stereocenters. The van der Waals surface area contributed by atoms with Gasteiger partial charge in [-0.15, -0.1) is 0 Å². The Morgan fingerprint density at radius 2 is 2.00 bits per heavy atom. The van der Waals surface area contributed by atoms with E-state index in [-0.39, 0.29) is 24.3 Å². The number of carbonyl (C=O) groups is 1. The van der Waals surface area contributed by atoms with E-state index in [4.69, 9.17) is 0 Å². The molecule has 0 heterocycles. The third kappa shape index (κ3) is 3.29. The average molecular weight is 309 g/mol. The van der Waals surface area contributed by atoms with Crippen molar-refractivity contribution in [3.63, 3.8) is 0 Å². The Kier molecular flexibility index (Phi) is 4.17. The fourth-order valence-electron chi connectivity index (χ4n) is 3.45. The lowest BCUT2D eigenvalue weighted by Crippen LogP contribution is -2.39. The van der Waals surface area contributed by atoms with E-state index in [9.17, 15) is 18.7 Å². The molecule has 0 saturated heterocycles. The highest BCUT2D eigenvalue weighted by atomic mass is 19.2. The number of aliphatic hydroxyl groups is 1. The summed E-state index contributed by atoms with van der Waals surface area (Å²) in [6.45, 7) is 0. The number of hydrogen-bond donors (Lipinski definition) is 2. The van der Waals surface area contributed by atoms with Gasteiger partial charge in [-0.05, 0) is 30.9 Å². The normalized spacial score (nSPS) is 26.5. The van der Waals surface area contributed by atoms with Gasteiger partial charge >= 0.3 is 0 Å². The van der Waals surface area contributed by atoms with Crippen molar-refractivity contribution in [1.29, 1.82) is 0 Å². The number of rotatable bonds is 4. The summed E-state index contributed by atoms with van der Waals surface area (Å²) in [6, 6.07) is 3.98. The van der Waals surface area contributed by atoms with Gasteiger partial charge in [-0.1, -0.05) is 31.4 Å². The van der Waals surface area contributed by atoms with Crippen LogP contribution in [0.2, 0.25) is 0 Å². The van der Waals surface area contributed by atoms with E-state index in [1.165, 1.54) is 6.07 Å². The maximum Gasteiger partial charge on any atom is 0.223 e. The monoisotopic (exact) mass is 309 g/mol. The van der Waals surface area contributed by atoms with Crippen molar-refractivity contribution in [2.75, 3.05) is 0 Å². The first-order valence-electron chi connectivity index (χ1n) is 7.94. The van der Waals surface area contributed by atoms with Gasteiger partial charge in [0.15, 0.2) is 11.6 Å². The van der Waals surface area contributed by atoms with Crippen molar-refractivity contribution in [1.82, 2.24) is 5.32 Å².